The van der Waals surface area contributed by atoms with E-state index in [-0.39, 0.29) is 32.8 Å². The average molecular weight is 1560 g/mol. The second kappa shape index (κ2) is 38.6. The van der Waals surface area contributed by atoms with E-state index in [0.29, 0.717) is 17.0 Å². The first-order valence-electron chi connectivity index (χ1n) is 34.4. The van der Waals surface area contributed by atoms with Crippen molar-refractivity contribution in [2.45, 2.75) is 25.2 Å². The zero-order chi connectivity index (χ0) is 72.5. The molecular formula is C92H78F3N5OP4Pd. The summed E-state index contributed by atoms with van der Waals surface area (Å²) in [5.74, 6) is 0.817. The predicted octanol–water partition coefficient (Wildman–Crippen LogP) is 17.4. The number of hydrogen-bond acceptors (Lipinski definition) is 5. The first kappa shape index (κ1) is 76.8. The molecule has 3 heterocycles. The molecule has 0 aliphatic carbocycles. The molecule has 1 aliphatic heterocycles. The van der Waals surface area contributed by atoms with Gasteiger partial charge < -0.3 is 10.5 Å². The van der Waals surface area contributed by atoms with Crippen molar-refractivity contribution < 1.29 is 38.3 Å². The van der Waals surface area contributed by atoms with Gasteiger partial charge in [0.25, 0.3) is 0 Å². The molecule has 2 aromatic heterocycles. The summed E-state index contributed by atoms with van der Waals surface area (Å²) in [5.41, 5.74) is 6.54. The molecule has 0 saturated heterocycles. The van der Waals surface area contributed by atoms with Crippen molar-refractivity contribution >= 4 is 101 Å². The summed E-state index contributed by atoms with van der Waals surface area (Å²) in [4.78, 5) is 8.67. The molecule has 0 saturated carbocycles. The van der Waals surface area contributed by atoms with Gasteiger partial charge in [-0.2, -0.15) is 18.3 Å². The van der Waals surface area contributed by atoms with E-state index in [1.807, 2.05) is 30.3 Å². The maximum atomic E-state index is 13.2. The van der Waals surface area contributed by atoms with Gasteiger partial charge in [0, 0.05) is 32.2 Å². The molecule has 6 nitrogen and oxygen atoms in total. The summed E-state index contributed by atoms with van der Waals surface area (Å²) in [6.07, 6.45) is -1.26. The molecule has 106 heavy (non-hydrogen) atoms. The summed E-state index contributed by atoms with van der Waals surface area (Å²) in [6, 6.07) is 140. The number of hydrogen-bond donors (Lipinski definition) is 1. The topological polar surface area (TPSA) is 78.3 Å². The Morgan fingerprint density at radius 2 is 0.613 bits per heavy atom. The van der Waals surface area contributed by atoms with E-state index >= 15 is 0 Å². The number of nitrogens with two attached hydrogens (primary N) is 1. The minimum absolute atomic E-state index is 0. The van der Waals surface area contributed by atoms with Gasteiger partial charge in [0.1, 0.15) is 17.1 Å². The number of aromatic nitrogens is 3. The largest absolute Gasteiger partial charge is 0.495 e. The Labute approximate surface area is 639 Å². The summed E-state index contributed by atoms with van der Waals surface area (Å²) < 4.78 is 46.1. The molecule has 0 amide bonds. The minimum Gasteiger partial charge on any atom is -0.495 e. The number of alkyl halides is 3. The molecule has 0 unspecified atom stereocenters. The van der Waals surface area contributed by atoms with Gasteiger partial charge in [-0.05, 0) is 132 Å². The summed E-state index contributed by atoms with van der Waals surface area (Å²) in [7, 11) is -0.231. The van der Waals surface area contributed by atoms with Gasteiger partial charge >= 0.3 is 6.18 Å². The molecule has 16 rings (SSSR count). The number of ether oxygens (including phenoxy) is 1. The van der Waals surface area contributed by atoms with E-state index in [4.69, 9.17) is 10.5 Å². The number of aliphatic imine (C=N–C) groups is 1. The number of rotatable bonds is 15. The van der Waals surface area contributed by atoms with Crippen LogP contribution in [0.1, 0.15) is 23.9 Å². The third-order valence-electron chi connectivity index (χ3n) is 17.1. The zero-order valence-corrected chi connectivity index (χ0v) is 63.6. The van der Waals surface area contributed by atoms with Crippen molar-refractivity contribution in [1.29, 1.82) is 0 Å². The van der Waals surface area contributed by atoms with Crippen LogP contribution in [0.15, 0.2) is 418 Å². The van der Waals surface area contributed by atoms with E-state index in [1.54, 1.807) is 26.4 Å². The molecule has 13 aromatic carbocycles. The van der Waals surface area contributed by atoms with Crippen molar-refractivity contribution in [2.24, 2.45) is 10.7 Å². The first-order chi connectivity index (χ1) is 51.5. The van der Waals surface area contributed by atoms with Gasteiger partial charge in [0.15, 0.2) is 5.69 Å². The zero-order valence-electron chi connectivity index (χ0n) is 58.5. The molecule has 528 valence electrons. The fourth-order valence-electron chi connectivity index (χ4n) is 12.2. The number of methoxy groups -OCH3 is 1. The molecular weight excluding hydrogens is 1480 g/mol. The van der Waals surface area contributed by atoms with Crippen LogP contribution in [0.4, 0.5) is 13.2 Å². The standard InChI is InChI=1S/C20H18F3N5O.4C18H15P.Pd/c1-19(17-8-16(20(21,22)23)27-28(17)11-18(24)26-19)14-5-3-4-12(6-14)13-7-15(29-2)10-25-9-13;4*1-4-10-16(11-5-1)19(17-12-6-2-7-13-17)18-14-8-3-9-15-18;/h3-10H,11H2,1-2H3,(H2,24,26);4*1-15H;/t19-;;;;;/m0...../s1. The maximum Gasteiger partial charge on any atom is 0.435 e. The van der Waals surface area contributed by atoms with Crippen LogP contribution in [-0.2, 0) is 38.7 Å². The summed E-state index contributed by atoms with van der Waals surface area (Å²) >= 11 is 0. The van der Waals surface area contributed by atoms with Crippen LogP contribution in [0.5, 0.6) is 5.75 Å². The fraction of sp³-hybridized carbons (Fsp3) is 0.0543. The smallest absolute Gasteiger partial charge is 0.435 e. The Balaban J connectivity index is 0.000000134. The SMILES string of the molecule is COc1cncc(-c2cccc([C@]3(C)N=C(N)Cn4nc(C(F)(F)F)cc43)c2)c1.[Pd].c1ccc(P(c2ccccc2)c2ccccc2)cc1.c1ccc(P(c2ccccc2)c2ccccc2)cc1.c1ccc(P(c2ccccc2)c2ccccc2)cc1.c1ccc(P(c2ccccc2)c2ccccc2)cc1. The summed E-state index contributed by atoms with van der Waals surface area (Å²) in [5, 5.41) is 20.5. The van der Waals surface area contributed by atoms with Crippen molar-refractivity contribution in [2.75, 3.05) is 7.11 Å². The van der Waals surface area contributed by atoms with Crippen LogP contribution < -0.4 is 74.1 Å². The second-order valence-electron chi connectivity index (χ2n) is 24.3. The average Bonchev–Trinajstić information content (AvgIpc) is 1.53. The normalized spacial score (nSPS) is 12.7. The number of benzene rings is 13. The monoisotopic (exact) mass is 1560 g/mol. The molecule has 1 aliphatic rings. The van der Waals surface area contributed by atoms with Gasteiger partial charge in [0.05, 0.1) is 25.5 Å². The van der Waals surface area contributed by atoms with E-state index < -0.39 is 49.1 Å². The van der Waals surface area contributed by atoms with Crippen LogP contribution in [-0.4, -0.2) is 27.7 Å². The molecule has 0 spiro atoms. The third kappa shape index (κ3) is 20.4. The Morgan fingerprint density at radius 1 is 0.349 bits per heavy atom. The van der Waals surface area contributed by atoms with Crippen LogP contribution in [0.2, 0.25) is 0 Å². The minimum atomic E-state index is -4.55. The maximum absolute atomic E-state index is 13.2. The fourth-order valence-corrected chi connectivity index (χ4v) is 21.4. The van der Waals surface area contributed by atoms with E-state index in [0.717, 1.165) is 17.2 Å². The van der Waals surface area contributed by atoms with Crippen LogP contribution in [0, 0.1) is 0 Å². The number of pyridine rings is 1. The first-order valence-corrected chi connectivity index (χ1v) is 39.8. The predicted molar refractivity (Wildman–Crippen MR) is 442 cm³/mol. The molecule has 1 atom stereocenters. The van der Waals surface area contributed by atoms with Crippen molar-refractivity contribution in [3.63, 3.8) is 0 Å². The van der Waals surface area contributed by atoms with Gasteiger partial charge in [0.2, 0.25) is 0 Å². The van der Waals surface area contributed by atoms with Crippen LogP contribution >= 0.6 is 31.7 Å². The van der Waals surface area contributed by atoms with Gasteiger partial charge in [-0.15, -0.1) is 0 Å². The van der Waals surface area contributed by atoms with Crippen molar-refractivity contribution in [3.05, 3.63) is 430 Å². The van der Waals surface area contributed by atoms with Crippen molar-refractivity contribution in [1.82, 2.24) is 14.8 Å². The quantitative estimate of drug-likeness (QED) is 0.0819. The number of nitrogens with zero attached hydrogens (tertiary/aromatic N) is 4. The molecule has 2 N–H and O–H groups in total. The summed E-state index contributed by atoms with van der Waals surface area (Å²) in [6.45, 7) is 1.75. The van der Waals surface area contributed by atoms with E-state index in [9.17, 15) is 13.2 Å². The molecule has 14 heteroatoms. The number of fused-ring (bicyclic) bond motifs is 1. The molecule has 0 bridgehead atoms. The molecule has 0 radical (unpaired) electrons. The number of halogens is 3. The Hall–Kier alpha value is -10.3. The van der Waals surface area contributed by atoms with E-state index in [1.165, 1.54) is 68.3 Å². The van der Waals surface area contributed by atoms with Crippen LogP contribution in [0.3, 0.4) is 0 Å². The van der Waals surface area contributed by atoms with Gasteiger partial charge in [-0.3, -0.25) is 14.7 Å². The Kier molecular flexibility index (Phi) is 28.0. The Bertz CT molecular complexity index is 4250. The number of amidine groups is 1. The third-order valence-corrected chi connectivity index (χ3v) is 26.9. The van der Waals surface area contributed by atoms with Gasteiger partial charge in [-0.25, -0.2) is 0 Å². The Morgan fingerprint density at radius 3 is 0.858 bits per heavy atom. The van der Waals surface area contributed by atoms with E-state index in [2.05, 4.69) is 379 Å². The van der Waals surface area contributed by atoms with Crippen molar-refractivity contribution in [3.8, 4) is 16.9 Å². The van der Waals surface area contributed by atoms with Gasteiger partial charge in [-0.1, -0.05) is 382 Å². The molecule has 15 aromatic rings. The van der Waals surface area contributed by atoms with Crippen LogP contribution in [0.25, 0.3) is 11.1 Å². The second-order valence-corrected chi connectivity index (χ2v) is 33.2. The molecule has 0 fully saturated rings.